The van der Waals surface area contributed by atoms with Crippen LogP contribution >= 0.6 is 0 Å². The van der Waals surface area contributed by atoms with Crippen molar-refractivity contribution in [3.8, 4) is 11.1 Å². The van der Waals surface area contributed by atoms with Gasteiger partial charge in [0.1, 0.15) is 0 Å². The van der Waals surface area contributed by atoms with E-state index >= 15 is 0 Å². The molecule has 0 unspecified atom stereocenters. The molecule has 0 N–H and O–H groups in total. The highest BCUT2D eigenvalue weighted by atomic mass is 14.8. The average Bonchev–Trinajstić information content (AvgIpc) is 3.02. The molecule has 0 aliphatic heterocycles. The lowest BCUT2D eigenvalue weighted by molar-refractivity contribution is 0.568. The van der Waals surface area contributed by atoms with E-state index < -0.39 is 0 Å². The van der Waals surface area contributed by atoms with Crippen LogP contribution in [0.25, 0.3) is 32.7 Å². The van der Waals surface area contributed by atoms with Gasteiger partial charge in [-0.1, -0.05) is 114 Å². The molecule has 0 bridgehead atoms. The molecule has 0 amide bonds. The summed E-state index contributed by atoms with van der Waals surface area (Å²) in [7, 11) is 0. The molecular formula is C40H38N4. The number of fused-ring (bicyclic) bond motifs is 2. The molecule has 0 spiro atoms. The minimum atomic E-state index is -0.0466. The maximum Gasteiger partial charge on any atom is 0.0816 e. The predicted molar refractivity (Wildman–Crippen MR) is 187 cm³/mol. The van der Waals surface area contributed by atoms with Gasteiger partial charge in [0.25, 0.3) is 0 Å². The summed E-state index contributed by atoms with van der Waals surface area (Å²) >= 11 is 0. The van der Waals surface area contributed by atoms with Crippen LogP contribution in [0, 0.1) is 0 Å². The van der Waals surface area contributed by atoms with Crippen molar-refractivity contribution in [2.75, 3.05) is 0 Å². The Kier molecular flexibility index (Phi) is 7.69. The molecule has 6 aromatic rings. The van der Waals surface area contributed by atoms with Crippen LogP contribution in [0.15, 0.2) is 119 Å². The van der Waals surface area contributed by atoms with Gasteiger partial charge in [-0.25, -0.2) is 0 Å². The van der Waals surface area contributed by atoms with Crippen molar-refractivity contribution in [1.82, 2.24) is 9.97 Å². The lowest BCUT2D eigenvalue weighted by Gasteiger charge is -2.18. The predicted octanol–water partition coefficient (Wildman–Crippen LogP) is 10.5. The zero-order valence-electron chi connectivity index (χ0n) is 26.3. The molecule has 0 aliphatic carbocycles. The molecule has 4 heteroatoms. The van der Waals surface area contributed by atoms with Crippen molar-refractivity contribution in [3.05, 3.63) is 132 Å². The van der Waals surface area contributed by atoms with E-state index in [1.54, 1.807) is 0 Å². The Labute approximate surface area is 260 Å². The summed E-state index contributed by atoms with van der Waals surface area (Å²) in [5.74, 6) is 0. The summed E-state index contributed by atoms with van der Waals surface area (Å²) in [4.78, 5) is 20.0. The number of benzene rings is 4. The molecular weight excluding hydrogens is 536 g/mol. The third-order valence-electron chi connectivity index (χ3n) is 7.81. The number of hydrogen-bond acceptors (Lipinski definition) is 4. The highest BCUT2D eigenvalue weighted by Gasteiger charge is 2.18. The minimum absolute atomic E-state index is 0.0466. The van der Waals surface area contributed by atoms with Gasteiger partial charge < -0.3 is 0 Å². The largest absolute Gasteiger partial charge is 0.254 e. The van der Waals surface area contributed by atoms with Crippen LogP contribution in [-0.4, -0.2) is 22.4 Å². The second-order valence-electron chi connectivity index (χ2n) is 13.3. The van der Waals surface area contributed by atoms with Crippen molar-refractivity contribution in [2.24, 2.45) is 9.98 Å². The fourth-order valence-corrected chi connectivity index (χ4v) is 5.41. The van der Waals surface area contributed by atoms with Gasteiger partial charge in [-0.05, 0) is 57.9 Å². The number of hydrogen-bond donors (Lipinski definition) is 0. The van der Waals surface area contributed by atoms with Crippen LogP contribution in [-0.2, 0) is 10.8 Å². The number of pyridine rings is 2. The van der Waals surface area contributed by atoms with E-state index in [4.69, 9.17) is 20.0 Å². The van der Waals surface area contributed by atoms with Gasteiger partial charge in [0, 0.05) is 33.3 Å². The normalized spacial score (nSPS) is 12.6. The monoisotopic (exact) mass is 574 g/mol. The van der Waals surface area contributed by atoms with E-state index in [0.29, 0.717) is 0 Å². The summed E-state index contributed by atoms with van der Waals surface area (Å²) in [6.45, 7) is 13.1. The molecule has 0 saturated heterocycles. The van der Waals surface area contributed by atoms with Crippen molar-refractivity contribution < 1.29 is 0 Å². The van der Waals surface area contributed by atoms with E-state index in [2.05, 4.69) is 139 Å². The molecule has 4 nitrogen and oxygen atoms in total. The minimum Gasteiger partial charge on any atom is -0.254 e. The molecule has 0 atom stereocenters. The van der Waals surface area contributed by atoms with E-state index in [1.165, 1.54) is 0 Å². The lowest BCUT2D eigenvalue weighted by Crippen LogP contribution is -2.14. The molecule has 0 aliphatic rings. The van der Waals surface area contributed by atoms with Crippen LogP contribution in [0.1, 0.15) is 64.3 Å². The molecule has 2 aromatic heterocycles. The fourth-order valence-electron chi connectivity index (χ4n) is 5.41. The maximum absolute atomic E-state index is 5.08. The highest BCUT2D eigenvalue weighted by Crippen LogP contribution is 2.45. The summed E-state index contributed by atoms with van der Waals surface area (Å²) in [6.07, 6.45) is 3.75. The van der Waals surface area contributed by atoms with E-state index in [9.17, 15) is 0 Å². The molecule has 218 valence electrons. The van der Waals surface area contributed by atoms with E-state index in [-0.39, 0.29) is 10.8 Å². The number of nitrogens with zero attached hydrogens (tertiary/aromatic N) is 4. The number of rotatable bonds is 5. The quantitative estimate of drug-likeness (QED) is 0.192. The first kappa shape index (κ1) is 29.1. The van der Waals surface area contributed by atoms with E-state index in [0.717, 1.165) is 66.8 Å². The Hall–Kier alpha value is -4.96. The van der Waals surface area contributed by atoms with Crippen molar-refractivity contribution in [3.63, 3.8) is 0 Å². The zero-order chi connectivity index (χ0) is 30.9. The lowest BCUT2D eigenvalue weighted by atomic mass is 9.91. The standard InChI is InChI=1S/C40H38N4/c1-39(2,3)35-19-11-15-29(43-35)25-41-33-23-21-27-13-7-9-17-31(27)37(33)38-32-18-10-8-14-28(32)22-24-34(38)42-26-30-16-12-20-36(44-30)40(4,5)6/h7-26H,1-6H3. The Balaban J connectivity index is 1.56. The molecule has 4 aromatic carbocycles. The first-order valence-corrected chi connectivity index (χ1v) is 15.1. The first-order valence-electron chi connectivity index (χ1n) is 15.1. The van der Waals surface area contributed by atoms with Gasteiger partial charge in [-0.3, -0.25) is 20.0 Å². The second kappa shape index (κ2) is 11.6. The molecule has 0 saturated carbocycles. The van der Waals surface area contributed by atoms with Gasteiger partial charge in [-0.15, -0.1) is 0 Å². The Morgan fingerprint density at radius 2 is 0.864 bits per heavy atom. The second-order valence-corrected chi connectivity index (χ2v) is 13.3. The smallest absolute Gasteiger partial charge is 0.0816 e. The molecule has 0 fully saturated rings. The van der Waals surface area contributed by atoms with Gasteiger partial charge in [0.2, 0.25) is 0 Å². The van der Waals surface area contributed by atoms with Gasteiger partial charge in [0.05, 0.1) is 35.2 Å². The van der Waals surface area contributed by atoms with Crippen LogP contribution in [0.3, 0.4) is 0 Å². The third kappa shape index (κ3) is 6.07. The zero-order valence-corrected chi connectivity index (χ0v) is 26.3. The molecule has 0 radical (unpaired) electrons. The summed E-state index contributed by atoms with van der Waals surface area (Å²) in [6, 6.07) is 37.7. The van der Waals surface area contributed by atoms with Gasteiger partial charge >= 0.3 is 0 Å². The van der Waals surface area contributed by atoms with Crippen molar-refractivity contribution in [2.45, 2.75) is 52.4 Å². The number of aliphatic imine (C=N–C) groups is 2. The summed E-state index contributed by atoms with van der Waals surface area (Å²) in [5.41, 5.74) is 7.47. The van der Waals surface area contributed by atoms with Gasteiger partial charge in [-0.2, -0.15) is 0 Å². The maximum atomic E-state index is 5.08. The van der Waals surface area contributed by atoms with Crippen LogP contribution in [0.5, 0.6) is 0 Å². The Morgan fingerprint density at radius 3 is 1.27 bits per heavy atom. The summed E-state index contributed by atoms with van der Waals surface area (Å²) in [5, 5.41) is 4.55. The summed E-state index contributed by atoms with van der Waals surface area (Å²) < 4.78 is 0. The Bertz CT molecular complexity index is 1890. The Morgan fingerprint density at radius 1 is 0.455 bits per heavy atom. The third-order valence-corrected chi connectivity index (χ3v) is 7.81. The average molecular weight is 575 g/mol. The van der Waals surface area contributed by atoms with Crippen LogP contribution in [0.4, 0.5) is 11.4 Å². The molecule has 2 heterocycles. The van der Waals surface area contributed by atoms with Crippen LogP contribution < -0.4 is 0 Å². The fraction of sp³-hybridized carbons (Fsp3) is 0.200. The van der Waals surface area contributed by atoms with E-state index in [1.807, 2.05) is 24.6 Å². The number of aromatic nitrogens is 2. The SMILES string of the molecule is CC(C)(C)c1cccc(C=Nc2ccc3ccccc3c2-c2c(N=Cc3cccc(C(C)(C)C)n3)ccc3ccccc23)n1. The highest BCUT2D eigenvalue weighted by molar-refractivity contribution is 6.13. The van der Waals surface area contributed by atoms with Crippen molar-refractivity contribution in [1.29, 1.82) is 0 Å². The van der Waals surface area contributed by atoms with Crippen molar-refractivity contribution >= 4 is 45.3 Å². The topological polar surface area (TPSA) is 50.5 Å². The van der Waals surface area contributed by atoms with Gasteiger partial charge in [0.15, 0.2) is 0 Å². The first-order chi connectivity index (χ1) is 21.1. The van der Waals surface area contributed by atoms with Crippen LogP contribution in [0.2, 0.25) is 0 Å². The molecule has 6 rings (SSSR count). The molecule has 44 heavy (non-hydrogen) atoms.